The molecule has 1 aromatic carbocycles. The summed E-state index contributed by atoms with van der Waals surface area (Å²) in [6.07, 6.45) is 0.774. The van der Waals surface area contributed by atoms with E-state index in [-0.39, 0.29) is 36.8 Å². The van der Waals surface area contributed by atoms with Gasteiger partial charge in [-0.3, -0.25) is 19.2 Å². The fraction of sp³-hybridized carbons (Fsp3) is 0.536. The van der Waals surface area contributed by atoms with Crippen LogP contribution in [0, 0.1) is 12.8 Å². The first-order chi connectivity index (χ1) is 18.5. The van der Waals surface area contributed by atoms with Gasteiger partial charge in [0.25, 0.3) is 5.91 Å². The lowest BCUT2D eigenvalue weighted by atomic mass is 9.93. The summed E-state index contributed by atoms with van der Waals surface area (Å²) < 4.78 is 15.4. The molecule has 3 N–H and O–H groups in total. The van der Waals surface area contributed by atoms with Gasteiger partial charge in [-0.1, -0.05) is 49.3 Å². The summed E-state index contributed by atoms with van der Waals surface area (Å²) in [6, 6.07) is 7.90. The van der Waals surface area contributed by atoms with E-state index in [4.69, 9.17) is 14.0 Å². The molecule has 3 rings (SSSR count). The van der Waals surface area contributed by atoms with E-state index in [1.54, 1.807) is 13.8 Å². The summed E-state index contributed by atoms with van der Waals surface area (Å²) >= 11 is 0. The number of epoxide rings is 1. The number of ketones is 1. The topological polar surface area (TPSA) is 152 Å². The van der Waals surface area contributed by atoms with E-state index in [0.29, 0.717) is 18.8 Å². The van der Waals surface area contributed by atoms with E-state index in [9.17, 15) is 19.2 Å². The van der Waals surface area contributed by atoms with Crippen LogP contribution in [0.2, 0.25) is 0 Å². The molecule has 11 nitrogen and oxygen atoms in total. The predicted molar refractivity (Wildman–Crippen MR) is 142 cm³/mol. The summed E-state index contributed by atoms with van der Waals surface area (Å²) in [4.78, 5) is 52.7. The van der Waals surface area contributed by atoms with Crippen molar-refractivity contribution in [1.29, 1.82) is 0 Å². The van der Waals surface area contributed by atoms with E-state index >= 15 is 0 Å². The molecule has 1 aliphatic rings. The maximum Gasteiger partial charge on any atom is 0.274 e. The maximum absolute atomic E-state index is 13.6. The van der Waals surface area contributed by atoms with Gasteiger partial charge in [0.1, 0.15) is 23.4 Å². The minimum atomic E-state index is -1.01. The number of ether oxygens (including phenoxy) is 2. The number of Topliss-reactive ketones (excluding diaryl/α,β-unsaturated/α-hetero) is 1. The monoisotopic (exact) mass is 542 g/mol. The Morgan fingerprint density at radius 3 is 2.23 bits per heavy atom. The van der Waals surface area contributed by atoms with E-state index in [2.05, 4.69) is 21.1 Å². The van der Waals surface area contributed by atoms with Crippen molar-refractivity contribution in [2.45, 2.75) is 70.7 Å². The van der Waals surface area contributed by atoms with E-state index in [1.807, 2.05) is 44.2 Å². The second kappa shape index (κ2) is 13.5. The van der Waals surface area contributed by atoms with Gasteiger partial charge < -0.3 is 29.9 Å². The summed E-state index contributed by atoms with van der Waals surface area (Å²) in [7, 11) is 1.49. The number of rotatable bonds is 15. The number of carbonyl (C=O) groups excluding carboxylic acids is 4. The van der Waals surface area contributed by atoms with E-state index < -0.39 is 41.4 Å². The molecule has 1 aliphatic heterocycles. The van der Waals surface area contributed by atoms with Crippen LogP contribution in [0.25, 0.3) is 0 Å². The molecule has 11 heteroatoms. The summed E-state index contributed by atoms with van der Waals surface area (Å²) in [6.45, 7) is 7.79. The molecule has 0 bridgehead atoms. The molecule has 0 spiro atoms. The van der Waals surface area contributed by atoms with Crippen LogP contribution in [0.5, 0.6) is 0 Å². The van der Waals surface area contributed by atoms with Gasteiger partial charge >= 0.3 is 0 Å². The summed E-state index contributed by atoms with van der Waals surface area (Å²) in [5.41, 5.74) is -0.0511. The van der Waals surface area contributed by atoms with Gasteiger partial charge in [-0.25, -0.2) is 0 Å². The molecule has 3 amide bonds. The molecule has 39 heavy (non-hydrogen) atoms. The largest absolute Gasteiger partial charge is 0.385 e. The lowest BCUT2D eigenvalue weighted by Gasteiger charge is -2.26. The van der Waals surface area contributed by atoms with Crippen molar-refractivity contribution in [2.75, 3.05) is 20.3 Å². The fourth-order valence-corrected chi connectivity index (χ4v) is 4.14. The van der Waals surface area contributed by atoms with Crippen molar-refractivity contribution in [1.82, 2.24) is 21.1 Å². The number of hydrogen-bond donors (Lipinski definition) is 3. The van der Waals surface area contributed by atoms with Gasteiger partial charge in [0, 0.05) is 26.2 Å². The minimum Gasteiger partial charge on any atom is -0.385 e. The number of nitrogens with one attached hydrogen (secondary N) is 3. The highest BCUT2D eigenvalue weighted by molar-refractivity contribution is 5.99. The van der Waals surface area contributed by atoms with Crippen LogP contribution >= 0.6 is 0 Å². The molecule has 3 unspecified atom stereocenters. The summed E-state index contributed by atoms with van der Waals surface area (Å²) in [5, 5.41) is 12.0. The average Bonchev–Trinajstić information content (AvgIpc) is 3.50. The Hall–Kier alpha value is -3.57. The zero-order chi connectivity index (χ0) is 28.6. The van der Waals surface area contributed by atoms with Crippen LogP contribution in [-0.4, -0.2) is 72.7 Å². The molecule has 0 aliphatic carbocycles. The second-order valence-corrected chi connectivity index (χ2v) is 10.5. The van der Waals surface area contributed by atoms with Gasteiger partial charge in [-0.05, 0) is 38.2 Å². The smallest absolute Gasteiger partial charge is 0.274 e. The number of benzene rings is 1. The molecule has 212 valence electrons. The standard InChI is InChI=1S/C28H38N4O7/c1-17(2)13-21(24(33)28(4)16-38-28)30-26(35)22(15-19-9-7-6-8-10-19)31-25(34)20(11-12-37-5)29-27(36)23-14-18(3)39-32-23/h6-10,14,17,20-22H,11-13,15-16H2,1-5H3,(H,29,36)(H,30,35)(H,31,34)/t20?,21?,22-,28?/m0/s1. The SMILES string of the molecule is COCCC(NC(=O)c1cc(C)on1)C(=O)N[C@@H](Cc1ccccc1)C(=O)NC(CC(C)C)C(=O)C1(C)CO1. The van der Waals surface area contributed by atoms with Crippen LogP contribution < -0.4 is 16.0 Å². The first kappa shape index (κ1) is 30.0. The van der Waals surface area contributed by atoms with Crippen LogP contribution in [0.4, 0.5) is 0 Å². The van der Waals surface area contributed by atoms with Crippen molar-refractivity contribution in [3.8, 4) is 0 Å². The molecule has 1 aromatic heterocycles. The minimum absolute atomic E-state index is 0.0344. The lowest BCUT2D eigenvalue weighted by Crippen LogP contribution is -2.57. The molecule has 4 atom stereocenters. The molecule has 0 radical (unpaired) electrons. The third kappa shape index (κ3) is 8.72. The van der Waals surface area contributed by atoms with Gasteiger partial charge in [-0.15, -0.1) is 0 Å². The Morgan fingerprint density at radius 2 is 1.67 bits per heavy atom. The number of carbonyl (C=O) groups is 4. The molecular formula is C28H38N4O7. The number of nitrogens with zero attached hydrogens (tertiary/aromatic N) is 1. The quantitative estimate of drug-likeness (QED) is 0.288. The number of aromatic nitrogens is 1. The molecular weight excluding hydrogens is 504 g/mol. The highest BCUT2D eigenvalue weighted by Gasteiger charge is 2.50. The normalized spacial score (nSPS) is 18.6. The molecule has 1 saturated heterocycles. The van der Waals surface area contributed by atoms with Crippen molar-refractivity contribution in [2.24, 2.45) is 5.92 Å². The van der Waals surface area contributed by atoms with E-state index in [0.717, 1.165) is 5.56 Å². The average molecular weight is 543 g/mol. The van der Waals surface area contributed by atoms with Crippen LogP contribution in [0.1, 0.15) is 55.4 Å². The Bertz CT molecular complexity index is 1140. The van der Waals surface area contributed by atoms with Crippen LogP contribution in [-0.2, 0) is 30.3 Å². The zero-order valence-electron chi connectivity index (χ0n) is 23.1. The molecule has 2 heterocycles. The van der Waals surface area contributed by atoms with Gasteiger partial charge in [0.2, 0.25) is 11.8 Å². The van der Waals surface area contributed by atoms with Crippen LogP contribution in [0.3, 0.4) is 0 Å². The van der Waals surface area contributed by atoms with Crippen molar-refractivity contribution >= 4 is 23.5 Å². The first-order valence-electron chi connectivity index (χ1n) is 13.1. The number of methoxy groups -OCH3 is 1. The third-order valence-electron chi connectivity index (χ3n) is 6.45. The second-order valence-electron chi connectivity index (χ2n) is 10.5. The number of hydrogen-bond acceptors (Lipinski definition) is 8. The zero-order valence-corrected chi connectivity index (χ0v) is 23.1. The van der Waals surface area contributed by atoms with Crippen molar-refractivity contribution < 1.29 is 33.2 Å². The Kier molecular flexibility index (Phi) is 10.4. The highest BCUT2D eigenvalue weighted by Crippen LogP contribution is 2.29. The van der Waals surface area contributed by atoms with Crippen molar-refractivity contribution in [3.05, 3.63) is 53.4 Å². The van der Waals surface area contributed by atoms with Crippen molar-refractivity contribution in [3.63, 3.8) is 0 Å². The lowest BCUT2D eigenvalue weighted by molar-refractivity contribution is -0.133. The maximum atomic E-state index is 13.6. The predicted octanol–water partition coefficient (Wildman–Crippen LogP) is 1.73. The van der Waals surface area contributed by atoms with Gasteiger partial charge in [0.15, 0.2) is 11.5 Å². The van der Waals surface area contributed by atoms with Gasteiger partial charge in [0.05, 0.1) is 12.6 Å². The molecule has 1 fully saturated rings. The Balaban J connectivity index is 1.79. The molecule has 0 saturated carbocycles. The number of aryl methyl sites for hydroxylation is 1. The fourth-order valence-electron chi connectivity index (χ4n) is 4.14. The summed E-state index contributed by atoms with van der Waals surface area (Å²) in [5.74, 6) is -1.26. The number of amides is 3. The third-order valence-corrected chi connectivity index (χ3v) is 6.45. The van der Waals surface area contributed by atoms with E-state index in [1.165, 1.54) is 13.2 Å². The first-order valence-corrected chi connectivity index (χ1v) is 13.1. The van der Waals surface area contributed by atoms with Crippen LogP contribution in [0.15, 0.2) is 40.9 Å². The highest BCUT2D eigenvalue weighted by atomic mass is 16.6. The Morgan fingerprint density at radius 1 is 1.03 bits per heavy atom. The van der Waals surface area contributed by atoms with Gasteiger partial charge in [-0.2, -0.15) is 0 Å². The molecule has 2 aromatic rings. The Labute approximate surface area is 228 Å².